The van der Waals surface area contributed by atoms with E-state index in [2.05, 4.69) is 15.4 Å². The second-order valence-electron chi connectivity index (χ2n) is 6.51. The Kier molecular flexibility index (Phi) is 4.46. The van der Waals surface area contributed by atoms with E-state index in [1.807, 2.05) is 18.5 Å². The summed E-state index contributed by atoms with van der Waals surface area (Å²) in [5, 5.41) is 17.0. The van der Waals surface area contributed by atoms with Gasteiger partial charge in [-0.2, -0.15) is 5.10 Å². The molecule has 0 aliphatic heterocycles. The zero-order valence-corrected chi connectivity index (χ0v) is 15.1. The number of aromatic carboxylic acids is 1. The topological polar surface area (TPSA) is 97.1 Å². The maximum Gasteiger partial charge on any atom is 0.335 e. The molecule has 0 atom stereocenters. The molecule has 1 amide bonds. The number of carboxylic acids is 1. The lowest BCUT2D eigenvalue weighted by Gasteiger charge is -2.11. The molecule has 3 aromatic rings. The van der Waals surface area contributed by atoms with Crippen molar-refractivity contribution in [2.24, 2.45) is 0 Å². The van der Waals surface area contributed by atoms with Crippen LogP contribution in [0.3, 0.4) is 0 Å². The van der Waals surface area contributed by atoms with Gasteiger partial charge in [-0.1, -0.05) is 0 Å². The highest BCUT2D eigenvalue weighted by Crippen LogP contribution is 2.21. The first-order valence-corrected chi connectivity index (χ1v) is 8.28. The summed E-state index contributed by atoms with van der Waals surface area (Å²) in [5.74, 6) is -1.29. The Bertz CT molecular complexity index is 1020. The number of fused-ring (bicyclic) bond motifs is 1. The number of hydrogen-bond donors (Lipinski definition) is 2. The van der Waals surface area contributed by atoms with Crippen molar-refractivity contribution in [1.29, 1.82) is 0 Å². The van der Waals surface area contributed by atoms with Crippen LogP contribution in [-0.4, -0.2) is 31.7 Å². The van der Waals surface area contributed by atoms with Gasteiger partial charge in [0.25, 0.3) is 5.91 Å². The highest BCUT2D eigenvalue weighted by molar-refractivity contribution is 6.06. The molecular weight excluding hydrogens is 332 g/mol. The fraction of sp³-hybridized carbons (Fsp3) is 0.263. The lowest BCUT2D eigenvalue weighted by Crippen LogP contribution is -2.15. The molecule has 0 bridgehead atoms. The number of carbonyl (C=O) groups excluding carboxylic acids is 1. The number of pyridine rings is 1. The minimum atomic E-state index is -0.993. The van der Waals surface area contributed by atoms with Crippen LogP contribution < -0.4 is 5.32 Å². The largest absolute Gasteiger partial charge is 0.478 e. The summed E-state index contributed by atoms with van der Waals surface area (Å²) >= 11 is 0. The van der Waals surface area contributed by atoms with Crippen LogP contribution >= 0.6 is 0 Å². The van der Waals surface area contributed by atoms with Crippen molar-refractivity contribution in [2.45, 2.75) is 33.7 Å². The number of aryl methyl sites for hydroxylation is 2. The van der Waals surface area contributed by atoms with E-state index in [1.165, 1.54) is 6.07 Å². The van der Waals surface area contributed by atoms with Gasteiger partial charge >= 0.3 is 5.97 Å². The van der Waals surface area contributed by atoms with Gasteiger partial charge in [-0.25, -0.2) is 14.5 Å². The van der Waals surface area contributed by atoms with E-state index in [1.54, 1.807) is 38.2 Å². The van der Waals surface area contributed by atoms with Gasteiger partial charge in [0.2, 0.25) is 0 Å². The Morgan fingerprint density at radius 1 is 1.15 bits per heavy atom. The van der Waals surface area contributed by atoms with Crippen molar-refractivity contribution in [3.63, 3.8) is 0 Å². The number of anilines is 1. The Balaban J connectivity index is 1.92. The van der Waals surface area contributed by atoms with Gasteiger partial charge in [-0.3, -0.25) is 4.79 Å². The summed E-state index contributed by atoms with van der Waals surface area (Å²) < 4.78 is 1.82. The Labute approximate surface area is 150 Å². The van der Waals surface area contributed by atoms with Gasteiger partial charge < -0.3 is 10.4 Å². The molecule has 0 fully saturated rings. The number of rotatable bonds is 4. The van der Waals surface area contributed by atoms with Gasteiger partial charge in [0.15, 0.2) is 5.65 Å². The molecule has 7 heteroatoms. The molecule has 0 aliphatic rings. The van der Waals surface area contributed by atoms with E-state index in [0.29, 0.717) is 22.5 Å². The van der Waals surface area contributed by atoms with Gasteiger partial charge in [0, 0.05) is 17.1 Å². The normalized spacial score (nSPS) is 11.1. The number of carboxylic acid groups (broad SMARTS) is 1. The highest BCUT2D eigenvalue weighted by atomic mass is 16.4. The third-order valence-corrected chi connectivity index (χ3v) is 4.21. The van der Waals surface area contributed by atoms with E-state index in [0.717, 1.165) is 11.0 Å². The van der Waals surface area contributed by atoms with Crippen molar-refractivity contribution in [3.05, 3.63) is 52.8 Å². The maximum atomic E-state index is 12.7. The van der Waals surface area contributed by atoms with E-state index in [-0.39, 0.29) is 17.5 Å². The van der Waals surface area contributed by atoms with E-state index >= 15 is 0 Å². The summed E-state index contributed by atoms with van der Waals surface area (Å²) in [6, 6.07) is 6.65. The van der Waals surface area contributed by atoms with Crippen LogP contribution in [0.2, 0.25) is 0 Å². The molecule has 0 radical (unpaired) electrons. The smallest absolute Gasteiger partial charge is 0.335 e. The molecule has 2 N–H and O–H groups in total. The lowest BCUT2D eigenvalue weighted by atomic mass is 10.1. The third-order valence-electron chi connectivity index (χ3n) is 4.21. The Morgan fingerprint density at radius 3 is 2.50 bits per heavy atom. The standard InChI is InChI=1S/C19H20N4O3/c1-10(2)23-17-13(9-20-23)8-16(12(4)21-17)18(24)22-14-5-6-15(19(25)26)11(3)7-14/h5-10H,1-4H3,(H,22,24)(H,25,26). The molecule has 2 heterocycles. The molecule has 7 nitrogen and oxygen atoms in total. The predicted octanol–water partition coefficient (Wildman–Crippen LogP) is 3.58. The van der Waals surface area contributed by atoms with Crippen LogP contribution in [0.5, 0.6) is 0 Å². The minimum Gasteiger partial charge on any atom is -0.478 e. The van der Waals surface area contributed by atoms with E-state index in [4.69, 9.17) is 5.11 Å². The highest BCUT2D eigenvalue weighted by Gasteiger charge is 2.16. The first-order chi connectivity index (χ1) is 12.3. The third kappa shape index (κ3) is 3.15. The van der Waals surface area contributed by atoms with Crippen molar-refractivity contribution < 1.29 is 14.7 Å². The predicted molar refractivity (Wildman–Crippen MR) is 98.7 cm³/mol. The Morgan fingerprint density at radius 2 is 1.88 bits per heavy atom. The number of hydrogen-bond acceptors (Lipinski definition) is 4. The van der Waals surface area contributed by atoms with Crippen LogP contribution in [0.1, 0.15) is 51.9 Å². The molecule has 0 spiro atoms. The summed E-state index contributed by atoms with van der Waals surface area (Å²) in [6.45, 7) is 7.52. The lowest BCUT2D eigenvalue weighted by molar-refractivity contribution is 0.0696. The maximum absolute atomic E-state index is 12.7. The van der Waals surface area contributed by atoms with Gasteiger partial charge in [0.1, 0.15) is 0 Å². The first kappa shape index (κ1) is 17.6. The van der Waals surface area contributed by atoms with Crippen LogP contribution in [0.15, 0.2) is 30.5 Å². The zero-order valence-electron chi connectivity index (χ0n) is 15.1. The number of amides is 1. The summed E-state index contributed by atoms with van der Waals surface area (Å²) in [6.07, 6.45) is 1.70. The number of carbonyl (C=O) groups is 2. The molecule has 0 aliphatic carbocycles. The van der Waals surface area contributed by atoms with Crippen LogP contribution in [0.25, 0.3) is 11.0 Å². The van der Waals surface area contributed by atoms with Crippen LogP contribution in [-0.2, 0) is 0 Å². The van der Waals surface area contributed by atoms with Crippen LogP contribution in [0.4, 0.5) is 5.69 Å². The quantitative estimate of drug-likeness (QED) is 0.748. The molecule has 1 aromatic carbocycles. The average Bonchev–Trinajstić information content (AvgIpc) is 2.96. The molecule has 2 aromatic heterocycles. The number of nitrogens with zero attached hydrogens (tertiary/aromatic N) is 3. The monoisotopic (exact) mass is 352 g/mol. The summed E-state index contributed by atoms with van der Waals surface area (Å²) in [5.41, 5.74) is 3.14. The van der Waals surface area contributed by atoms with Gasteiger partial charge in [0.05, 0.1) is 23.0 Å². The summed E-state index contributed by atoms with van der Waals surface area (Å²) in [4.78, 5) is 28.3. The molecule has 0 saturated carbocycles. The van der Waals surface area contributed by atoms with Crippen molar-refractivity contribution in [3.8, 4) is 0 Å². The second-order valence-corrected chi connectivity index (χ2v) is 6.51. The van der Waals surface area contributed by atoms with Crippen molar-refractivity contribution in [2.75, 3.05) is 5.32 Å². The average molecular weight is 352 g/mol. The number of aromatic nitrogens is 3. The molecule has 134 valence electrons. The molecule has 26 heavy (non-hydrogen) atoms. The zero-order chi connectivity index (χ0) is 19.0. The molecule has 0 saturated heterocycles. The van der Waals surface area contributed by atoms with Crippen molar-refractivity contribution in [1.82, 2.24) is 14.8 Å². The number of benzene rings is 1. The molecule has 3 rings (SSSR count). The first-order valence-electron chi connectivity index (χ1n) is 8.28. The fourth-order valence-electron chi connectivity index (χ4n) is 2.85. The Hall–Kier alpha value is -3.22. The molecule has 0 unspecified atom stereocenters. The van der Waals surface area contributed by atoms with Crippen LogP contribution in [0, 0.1) is 13.8 Å². The second kappa shape index (κ2) is 6.59. The van der Waals surface area contributed by atoms with Gasteiger partial charge in [-0.15, -0.1) is 0 Å². The SMILES string of the molecule is Cc1cc(NC(=O)c2cc3cnn(C(C)C)c3nc2C)ccc1C(=O)O. The fourth-order valence-corrected chi connectivity index (χ4v) is 2.85. The molecular formula is C19H20N4O3. The van der Waals surface area contributed by atoms with E-state index < -0.39 is 5.97 Å². The van der Waals surface area contributed by atoms with E-state index in [9.17, 15) is 9.59 Å². The van der Waals surface area contributed by atoms with Gasteiger partial charge in [-0.05, 0) is 57.5 Å². The summed E-state index contributed by atoms with van der Waals surface area (Å²) in [7, 11) is 0. The minimum absolute atomic E-state index is 0.176. The van der Waals surface area contributed by atoms with Crippen molar-refractivity contribution >= 4 is 28.6 Å². The number of nitrogens with one attached hydrogen (secondary N) is 1.